The Morgan fingerprint density at radius 3 is 2.16 bits per heavy atom. The lowest BCUT2D eigenvalue weighted by atomic mass is 9.97. The number of benzene rings is 3. The molecule has 0 spiro atoms. The normalized spacial score (nSPS) is 11.1. The lowest BCUT2D eigenvalue weighted by molar-refractivity contribution is -0.673. The van der Waals surface area contributed by atoms with Gasteiger partial charge in [0.2, 0.25) is 17.1 Å². The summed E-state index contributed by atoms with van der Waals surface area (Å²) in [7, 11) is 0. The Hall–Kier alpha value is -4.02. The van der Waals surface area contributed by atoms with E-state index in [0.29, 0.717) is 19.5 Å². The zero-order chi connectivity index (χ0) is 25.7. The van der Waals surface area contributed by atoms with Crippen molar-refractivity contribution >= 4 is 28.5 Å². The van der Waals surface area contributed by atoms with E-state index in [1.54, 1.807) is 0 Å². The highest BCUT2D eigenvalue weighted by Gasteiger charge is 2.13. The number of hydrogen-bond donors (Lipinski definition) is 2. The number of hydrogen-bond acceptors (Lipinski definition) is 2. The molecule has 0 aliphatic carbocycles. The molecule has 0 aliphatic heterocycles. The van der Waals surface area contributed by atoms with Crippen LogP contribution in [0.3, 0.4) is 0 Å². The minimum Gasteiger partial charge on any atom is -0.355 e. The molecule has 0 radical (unpaired) electrons. The molecule has 3 N–H and O–H groups in total. The van der Waals surface area contributed by atoms with Gasteiger partial charge in [-0.2, -0.15) is 4.57 Å². The van der Waals surface area contributed by atoms with Gasteiger partial charge in [-0.05, 0) is 41.7 Å². The first kappa shape index (κ1) is 26.1. The second kappa shape index (κ2) is 13.9. The first-order valence-corrected chi connectivity index (χ1v) is 13.1. The van der Waals surface area contributed by atoms with Crippen molar-refractivity contribution < 1.29 is 9.36 Å². The third kappa shape index (κ3) is 7.48. The number of fused-ring (bicyclic) bond motifs is 1. The number of rotatable bonds is 12. The zero-order valence-electron chi connectivity index (χ0n) is 21.4. The minimum atomic E-state index is 0.0892. The summed E-state index contributed by atoms with van der Waals surface area (Å²) in [6.07, 6.45) is 9.99. The summed E-state index contributed by atoms with van der Waals surface area (Å²) >= 11 is 0. The summed E-state index contributed by atoms with van der Waals surface area (Å²) in [5, 5.41) is 4.07. The molecule has 37 heavy (non-hydrogen) atoms. The zero-order valence-corrected chi connectivity index (χ0v) is 21.4. The molecular formula is C33H36N3O+. The van der Waals surface area contributed by atoms with Gasteiger partial charge in [0, 0.05) is 49.5 Å². The lowest BCUT2D eigenvalue weighted by Gasteiger charge is -2.08. The second-order valence-electron chi connectivity index (χ2n) is 9.09. The van der Waals surface area contributed by atoms with Crippen molar-refractivity contribution in [3.8, 4) is 0 Å². The third-order valence-electron chi connectivity index (χ3n) is 6.42. The number of unbranched alkanes of at least 4 members (excludes halogenated alkanes) is 2. The molecule has 188 valence electrons. The number of amides is 1. The van der Waals surface area contributed by atoms with Crippen molar-refractivity contribution in [3.05, 3.63) is 126 Å². The highest BCUT2D eigenvalue weighted by Crippen LogP contribution is 2.23. The van der Waals surface area contributed by atoms with Crippen LogP contribution in [0.25, 0.3) is 22.6 Å². The van der Waals surface area contributed by atoms with Gasteiger partial charge >= 0.3 is 0 Å². The van der Waals surface area contributed by atoms with Crippen molar-refractivity contribution in [1.29, 1.82) is 0 Å². The quantitative estimate of drug-likeness (QED) is 0.147. The third-order valence-corrected chi connectivity index (χ3v) is 6.42. The largest absolute Gasteiger partial charge is 0.355 e. The van der Waals surface area contributed by atoms with E-state index >= 15 is 0 Å². The number of pyridine rings is 1. The van der Waals surface area contributed by atoms with Crippen LogP contribution in [0, 0.1) is 0 Å². The van der Waals surface area contributed by atoms with E-state index in [0.717, 1.165) is 31.5 Å². The molecule has 0 fully saturated rings. The number of para-hydroxylation sites is 1. The van der Waals surface area contributed by atoms with Gasteiger partial charge in [-0.15, -0.1) is 0 Å². The summed E-state index contributed by atoms with van der Waals surface area (Å²) in [4.78, 5) is 11.9. The lowest BCUT2D eigenvalue weighted by Crippen LogP contribution is -2.38. The molecule has 3 aromatic carbocycles. The fourth-order valence-corrected chi connectivity index (χ4v) is 4.54. The molecule has 1 aromatic heterocycles. The number of nitrogens with two attached hydrogens (primary N) is 1. The maximum Gasteiger partial charge on any atom is 0.220 e. The Bertz CT molecular complexity index is 1300. The second-order valence-corrected chi connectivity index (χ2v) is 9.09. The molecule has 0 unspecified atom stereocenters. The van der Waals surface area contributed by atoms with E-state index in [9.17, 15) is 4.79 Å². The number of aromatic nitrogens is 1. The van der Waals surface area contributed by atoms with Crippen molar-refractivity contribution in [2.45, 2.75) is 32.2 Å². The summed E-state index contributed by atoms with van der Waals surface area (Å²) in [5.74, 6) is 0.0892. The van der Waals surface area contributed by atoms with Crippen LogP contribution in [0.15, 0.2) is 109 Å². The fourth-order valence-electron chi connectivity index (χ4n) is 4.54. The van der Waals surface area contributed by atoms with Gasteiger partial charge in [0.1, 0.15) is 6.54 Å². The molecular weight excluding hydrogens is 454 g/mol. The molecule has 4 aromatic rings. The topological polar surface area (TPSA) is 59.0 Å². The smallest absolute Gasteiger partial charge is 0.220 e. The summed E-state index contributed by atoms with van der Waals surface area (Å²) in [5.41, 5.74) is 11.4. The molecule has 0 atom stereocenters. The van der Waals surface area contributed by atoms with Gasteiger partial charge in [0.15, 0.2) is 0 Å². The van der Waals surface area contributed by atoms with Gasteiger partial charge < -0.3 is 11.1 Å². The maximum atomic E-state index is 11.9. The van der Waals surface area contributed by atoms with Crippen LogP contribution in [0.1, 0.15) is 42.5 Å². The van der Waals surface area contributed by atoms with E-state index in [1.807, 2.05) is 12.1 Å². The van der Waals surface area contributed by atoms with Crippen molar-refractivity contribution in [3.63, 3.8) is 0 Å². The summed E-state index contributed by atoms with van der Waals surface area (Å²) in [6, 6.07) is 33.9. The van der Waals surface area contributed by atoms with Crippen LogP contribution < -0.4 is 15.6 Å². The number of carbonyl (C=O) groups is 1. The van der Waals surface area contributed by atoms with E-state index in [1.165, 1.54) is 27.6 Å². The van der Waals surface area contributed by atoms with E-state index in [-0.39, 0.29) is 5.91 Å². The first-order valence-electron chi connectivity index (χ1n) is 13.1. The van der Waals surface area contributed by atoms with Crippen molar-refractivity contribution in [1.82, 2.24) is 5.32 Å². The van der Waals surface area contributed by atoms with Gasteiger partial charge in [-0.3, -0.25) is 4.79 Å². The molecule has 4 heteroatoms. The number of carbonyl (C=O) groups excluding carboxylic acids is 1. The van der Waals surface area contributed by atoms with E-state index in [4.69, 9.17) is 5.73 Å². The number of nitrogens with zero attached hydrogens (tertiary/aromatic N) is 1. The van der Waals surface area contributed by atoms with Gasteiger partial charge in [-0.25, -0.2) is 0 Å². The van der Waals surface area contributed by atoms with E-state index in [2.05, 4.69) is 113 Å². The number of nitrogens with one attached hydrogen (secondary N) is 1. The van der Waals surface area contributed by atoms with Crippen molar-refractivity contribution in [2.24, 2.45) is 5.73 Å². The maximum absolute atomic E-state index is 11.9. The van der Waals surface area contributed by atoms with Crippen LogP contribution in [0.4, 0.5) is 0 Å². The van der Waals surface area contributed by atoms with Gasteiger partial charge in [0.05, 0.1) is 0 Å². The number of allylic oxidation sites excluding steroid dienone is 2. The standard InChI is InChI=1S/C33H35N3O/c34-24-25-35-33(37)21-8-3-11-26-36-30(23-22-29-17-9-10-20-32(29)36)18-12-19-31(27-13-4-1-5-14-27)28-15-6-2-7-16-28/h1-2,4-7,9-10,12-20,22-23H,3,8,11,21,24-26,34H2/p+1/b18-12+. The summed E-state index contributed by atoms with van der Waals surface area (Å²) < 4.78 is 2.39. The van der Waals surface area contributed by atoms with Crippen LogP contribution in [-0.4, -0.2) is 19.0 Å². The molecule has 0 bridgehead atoms. The Morgan fingerprint density at radius 2 is 1.46 bits per heavy atom. The molecule has 0 aliphatic rings. The first-order chi connectivity index (χ1) is 18.3. The van der Waals surface area contributed by atoms with Crippen LogP contribution in [-0.2, 0) is 11.3 Å². The molecule has 4 rings (SSSR count). The minimum absolute atomic E-state index is 0.0892. The van der Waals surface area contributed by atoms with Crippen LogP contribution in [0.5, 0.6) is 0 Å². The SMILES string of the molecule is NCCNC(=O)CCCCC[n+]1c(/C=C/C=C(c2ccccc2)c2ccccc2)ccc2ccccc21. The Morgan fingerprint density at radius 1 is 0.784 bits per heavy atom. The highest BCUT2D eigenvalue weighted by molar-refractivity contribution is 5.81. The Balaban J connectivity index is 1.54. The monoisotopic (exact) mass is 490 g/mol. The fraction of sp³-hybridized carbons (Fsp3) is 0.212. The molecule has 0 saturated heterocycles. The number of aryl methyl sites for hydroxylation is 1. The van der Waals surface area contributed by atoms with Crippen molar-refractivity contribution in [2.75, 3.05) is 13.1 Å². The predicted molar refractivity (Wildman–Crippen MR) is 154 cm³/mol. The molecule has 0 saturated carbocycles. The molecule has 1 heterocycles. The molecule has 1 amide bonds. The predicted octanol–water partition coefficient (Wildman–Crippen LogP) is 5.91. The van der Waals surface area contributed by atoms with Crippen LogP contribution >= 0.6 is 0 Å². The highest BCUT2D eigenvalue weighted by atomic mass is 16.1. The van der Waals surface area contributed by atoms with Gasteiger partial charge in [-0.1, -0.05) is 84.9 Å². The summed E-state index contributed by atoms with van der Waals surface area (Å²) in [6.45, 7) is 1.93. The van der Waals surface area contributed by atoms with Gasteiger partial charge in [0.25, 0.3) is 0 Å². The Labute approximate surface area is 220 Å². The van der Waals surface area contributed by atoms with Crippen LogP contribution in [0.2, 0.25) is 0 Å². The average Bonchev–Trinajstić information content (AvgIpc) is 2.95. The average molecular weight is 491 g/mol. The Kier molecular flexibility index (Phi) is 9.79. The van der Waals surface area contributed by atoms with E-state index < -0.39 is 0 Å². The molecule has 4 nitrogen and oxygen atoms in total.